The minimum absolute atomic E-state index is 0.0254. The molecule has 1 rings (SSSR count). The van der Waals surface area contributed by atoms with Crippen LogP contribution in [0, 0.1) is 6.92 Å². The van der Waals surface area contributed by atoms with Crippen LogP contribution in [0.15, 0.2) is 24.3 Å². The van der Waals surface area contributed by atoms with E-state index in [4.69, 9.17) is 11.6 Å². The van der Waals surface area contributed by atoms with Crippen molar-refractivity contribution in [2.24, 2.45) is 0 Å². The van der Waals surface area contributed by atoms with Gasteiger partial charge in [-0.25, -0.2) is 0 Å². The summed E-state index contributed by atoms with van der Waals surface area (Å²) < 4.78 is 0. The summed E-state index contributed by atoms with van der Waals surface area (Å²) in [4.78, 5) is 11.6. The molecule has 2 nitrogen and oxygen atoms in total. The SMILES string of the molecule is Cc1ccccc1CC(=O)NC(C)CCl. The van der Waals surface area contributed by atoms with Crippen molar-refractivity contribution in [1.82, 2.24) is 5.32 Å². The average molecular weight is 226 g/mol. The van der Waals surface area contributed by atoms with Gasteiger partial charge in [0.25, 0.3) is 0 Å². The predicted molar refractivity (Wildman–Crippen MR) is 63.2 cm³/mol. The van der Waals surface area contributed by atoms with Crippen LogP contribution >= 0.6 is 11.6 Å². The largest absolute Gasteiger partial charge is 0.352 e. The Labute approximate surface area is 95.6 Å². The standard InChI is InChI=1S/C12H16ClNO/c1-9-5-3-4-6-11(9)7-12(15)14-10(2)8-13/h3-6,10H,7-8H2,1-2H3,(H,14,15). The van der Waals surface area contributed by atoms with E-state index in [0.29, 0.717) is 12.3 Å². The maximum atomic E-state index is 11.6. The second-order valence-corrected chi connectivity index (χ2v) is 4.03. The van der Waals surface area contributed by atoms with Gasteiger partial charge in [0.1, 0.15) is 0 Å². The lowest BCUT2D eigenvalue weighted by Gasteiger charge is -2.11. The molecule has 0 spiro atoms. The number of nitrogens with one attached hydrogen (secondary N) is 1. The van der Waals surface area contributed by atoms with E-state index in [1.54, 1.807) is 0 Å². The molecular weight excluding hydrogens is 210 g/mol. The number of halogens is 1. The zero-order valence-electron chi connectivity index (χ0n) is 9.09. The molecule has 3 heteroatoms. The molecule has 1 amide bonds. The molecule has 1 aromatic rings. The highest BCUT2D eigenvalue weighted by molar-refractivity contribution is 6.18. The average Bonchev–Trinajstić information content (AvgIpc) is 2.21. The molecule has 1 aromatic carbocycles. The van der Waals surface area contributed by atoms with E-state index in [1.807, 2.05) is 38.1 Å². The molecule has 1 atom stereocenters. The van der Waals surface area contributed by atoms with Crippen LogP contribution in [0.2, 0.25) is 0 Å². The molecule has 0 aliphatic heterocycles. The Balaban J connectivity index is 2.55. The molecule has 0 bridgehead atoms. The number of alkyl halides is 1. The fraction of sp³-hybridized carbons (Fsp3) is 0.417. The zero-order chi connectivity index (χ0) is 11.3. The summed E-state index contributed by atoms with van der Waals surface area (Å²) >= 11 is 5.62. The van der Waals surface area contributed by atoms with Gasteiger partial charge in [-0.05, 0) is 25.0 Å². The zero-order valence-corrected chi connectivity index (χ0v) is 9.84. The molecule has 0 radical (unpaired) electrons. The lowest BCUT2D eigenvalue weighted by Crippen LogP contribution is -2.34. The van der Waals surface area contributed by atoms with E-state index in [0.717, 1.165) is 11.1 Å². The first-order valence-corrected chi connectivity index (χ1v) is 5.56. The van der Waals surface area contributed by atoms with E-state index in [-0.39, 0.29) is 11.9 Å². The summed E-state index contributed by atoms with van der Waals surface area (Å²) in [7, 11) is 0. The third-order valence-corrected chi connectivity index (χ3v) is 2.71. The van der Waals surface area contributed by atoms with Gasteiger partial charge in [-0.3, -0.25) is 4.79 Å². The number of carbonyl (C=O) groups excluding carboxylic acids is 1. The minimum Gasteiger partial charge on any atom is -0.352 e. The lowest BCUT2D eigenvalue weighted by molar-refractivity contribution is -0.120. The summed E-state index contributed by atoms with van der Waals surface area (Å²) in [6.45, 7) is 3.90. The number of amides is 1. The van der Waals surface area contributed by atoms with Gasteiger partial charge in [0.2, 0.25) is 5.91 Å². The number of benzene rings is 1. The molecular formula is C12H16ClNO. The smallest absolute Gasteiger partial charge is 0.224 e. The van der Waals surface area contributed by atoms with E-state index in [2.05, 4.69) is 5.32 Å². The van der Waals surface area contributed by atoms with Crippen molar-refractivity contribution < 1.29 is 4.79 Å². The number of hydrogen-bond acceptors (Lipinski definition) is 1. The molecule has 0 aromatic heterocycles. The highest BCUT2D eigenvalue weighted by Gasteiger charge is 2.07. The quantitative estimate of drug-likeness (QED) is 0.783. The Morgan fingerprint density at radius 1 is 1.47 bits per heavy atom. The van der Waals surface area contributed by atoms with Gasteiger partial charge in [-0.2, -0.15) is 0 Å². The van der Waals surface area contributed by atoms with Gasteiger partial charge < -0.3 is 5.32 Å². The minimum atomic E-state index is 0.0254. The summed E-state index contributed by atoms with van der Waals surface area (Å²) in [6, 6.07) is 7.93. The molecule has 0 saturated heterocycles. The van der Waals surface area contributed by atoms with Gasteiger partial charge >= 0.3 is 0 Å². The molecule has 0 heterocycles. The molecule has 1 unspecified atom stereocenters. The van der Waals surface area contributed by atoms with E-state index >= 15 is 0 Å². The number of carbonyl (C=O) groups is 1. The maximum absolute atomic E-state index is 11.6. The number of rotatable bonds is 4. The van der Waals surface area contributed by atoms with Gasteiger partial charge in [0.15, 0.2) is 0 Å². The fourth-order valence-corrected chi connectivity index (χ4v) is 1.42. The summed E-state index contributed by atoms with van der Waals surface area (Å²) in [5.41, 5.74) is 2.21. The van der Waals surface area contributed by atoms with Crippen LogP contribution in [0.3, 0.4) is 0 Å². The summed E-state index contributed by atoms with van der Waals surface area (Å²) in [5.74, 6) is 0.469. The van der Waals surface area contributed by atoms with Crippen LogP contribution < -0.4 is 5.32 Å². The maximum Gasteiger partial charge on any atom is 0.224 e. The van der Waals surface area contributed by atoms with Crippen molar-refractivity contribution in [3.63, 3.8) is 0 Å². The summed E-state index contributed by atoms with van der Waals surface area (Å²) in [6.07, 6.45) is 0.425. The first-order chi connectivity index (χ1) is 7.13. The molecule has 15 heavy (non-hydrogen) atoms. The highest BCUT2D eigenvalue weighted by atomic mass is 35.5. The van der Waals surface area contributed by atoms with Gasteiger partial charge in [-0.1, -0.05) is 24.3 Å². The third-order valence-electron chi connectivity index (χ3n) is 2.25. The molecule has 0 saturated carbocycles. The first kappa shape index (κ1) is 12.1. The van der Waals surface area contributed by atoms with Gasteiger partial charge in [0.05, 0.1) is 6.42 Å². The number of aryl methyl sites for hydroxylation is 1. The molecule has 0 fully saturated rings. The first-order valence-electron chi connectivity index (χ1n) is 5.03. The Hall–Kier alpha value is -1.02. The van der Waals surface area contributed by atoms with Gasteiger partial charge in [0, 0.05) is 11.9 Å². The van der Waals surface area contributed by atoms with Crippen LogP contribution in [-0.4, -0.2) is 17.8 Å². The Bertz CT molecular complexity index is 338. The molecule has 82 valence electrons. The van der Waals surface area contributed by atoms with E-state index < -0.39 is 0 Å². The van der Waals surface area contributed by atoms with Crippen molar-refractivity contribution in [3.05, 3.63) is 35.4 Å². The predicted octanol–water partition coefficient (Wildman–Crippen LogP) is 2.28. The lowest BCUT2D eigenvalue weighted by atomic mass is 10.1. The topological polar surface area (TPSA) is 29.1 Å². The Kier molecular flexibility index (Phi) is 4.63. The molecule has 1 N–H and O–H groups in total. The highest BCUT2D eigenvalue weighted by Crippen LogP contribution is 2.07. The van der Waals surface area contributed by atoms with Crippen molar-refractivity contribution >= 4 is 17.5 Å². The Morgan fingerprint density at radius 2 is 2.13 bits per heavy atom. The van der Waals surface area contributed by atoms with Crippen molar-refractivity contribution in [3.8, 4) is 0 Å². The van der Waals surface area contributed by atoms with Crippen molar-refractivity contribution in [2.45, 2.75) is 26.3 Å². The summed E-state index contributed by atoms with van der Waals surface area (Å²) in [5, 5.41) is 2.83. The van der Waals surface area contributed by atoms with E-state index in [9.17, 15) is 4.79 Å². The van der Waals surface area contributed by atoms with Crippen LogP contribution in [-0.2, 0) is 11.2 Å². The van der Waals surface area contributed by atoms with E-state index in [1.165, 1.54) is 0 Å². The number of hydrogen-bond donors (Lipinski definition) is 1. The van der Waals surface area contributed by atoms with Gasteiger partial charge in [-0.15, -0.1) is 11.6 Å². The fourth-order valence-electron chi connectivity index (χ4n) is 1.35. The Morgan fingerprint density at radius 3 is 2.73 bits per heavy atom. The van der Waals surface area contributed by atoms with Crippen LogP contribution in [0.25, 0.3) is 0 Å². The second kappa shape index (κ2) is 5.76. The van der Waals surface area contributed by atoms with Crippen molar-refractivity contribution in [1.29, 1.82) is 0 Å². The molecule has 0 aliphatic carbocycles. The second-order valence-electron chi connectivity index (χ2n) is 3.73. The van der Waals surface area contributed by atoms with Crippen LogP contribution in [0.4, 0.5) is 0 Å². The third kappa shape index (κ3) is 3.92. The molecule has 0 aliphatic rings. The van der Waals surface area contributed by atoms with Crippen LogP contribution in [0.1, 0.15) is 18.1 Å². The monoisotopic (exact) mass is 225 g/mol. The normalized spacial score (nSPS) is 12.2. The van der Waals surface area contributed by atoms with Crippen LogP contribution in [0.5, 0.6) is 0 Å². The van der Waals surface area contributed by atoms with Crippen molar-refractivity contribution in [2.75, 3.05) is 5.88 Å².